The van der Waals surface area contributed by atoms with Crippen molar-refractivity contribution in [2.24, 2.45) is 5.41 Å². The van der Waals surface area contributed by atoms with Crippen LogP contribution in [0, 0.1) is 5.41 Å². The van der Waals surface area contributed by atoms with Crippen molar-refractivity contribution in [1.29, 1.82) is 0 Å². The minimum Gasteiger partial charge on any atom is -0.465 e. The van der Waals surface area contributed by atoms with Crippen LogP contribution < -0.4 is 0 Å². The van der Waals surface area contributed by atoms with Gasteiger partial charge in [-0.15, -0.1) is 0 Å². The molecule has 108 valence electrons. The Morgan fingerprint density at radius 2 is 1.90 bits per heavy atom. The highest BCUT2D eigenvalue weighted by atomic mass is 16.5. The summed E-state index contributed by atoms with van der Waals surface area (Å²) in [5.41, 5.74) is 1.43. The standard InChI is InChI=1S/C16H20O4/c1-19-14(18)12-2-4-13(5-3-12)16-8-6-15(10-17,7-9-16)11-20-16/h2-5,17H,6-11H2,1H3. The Hall–Kier alpha value is -1.39. The van der Waals surface area contributed by atoms with E-state index in [9.17, 15) is 9.90 Å². The van der Waals surface area contributed by atoms with Gasteiger partial charge in [0, 0.05) is 5.41 Å². The lowest BCUT2D eigenvalue weighted by molar-refractivity contribution is -0.199. The van der Waals surface area contributed by atoms with E-state index in [2.05, 4.69) is 0 Å². The van der Waals surface area contributed by atoms with Crippen molar-refractivity contribution in [3.05, 3.63) is 35.4 Å². The number of hydrogen-bond acceptors (Lipinski definition) is 4. The van der Waals surface area contributed by atoms with Gasteiger partial charge < -0.3 is 14.6 Å². The first-order valence-electron chi connectivity index (χ1n) is 7.07. The smallest absolute Gasteiger partial charge is 0.337 e. The van der Waals surface area contributed by atoms with Gasteiger partial charge in [0.1, 0.15) is 0 Å². The summed E-state index contributed by atoms with van der Waals surface area (Å²) in [6.45, 7) is 0.840. The molecule has 0 aromatic heterocycles. The highest BCUT2D eigenvalue weighted by molar-refractivity contribution is 5.89. The normalized spacial score (nSPS) is 32.1. The third-order valence-electron chi connectivity index (χ3n) is 4.94. The van der Waals surface area contributed by atoms with Crippen LogP contribution in [-0.2, 0) is 15.1 Å². The number of benzene rings is 1. The summed E-state index contributed by atoms with van der Waals surface area (Å²) in [4.78, 5) is 11.5. The van der Waals surface area contributed by atoms with Gasteiger partial charge in [0.05, 0.1) is 31.5 Å². The fraction of sp³-hybridized carbons (Fsp3) is 0.562. The highest BCUT2D eigenvalue weighted by Crippen LogP contribution is 2.53. The maximum absolute atomic E-state index is 11.5. The van der Waals surface area contributed by atoms with Crippen molar-refractivity contribution in [2.45, 2.75) is 31.3 Å². The van der Waals surface area contributed by atoms with Crippen LogP contribution in [-0.4, -0.2) is 31.4 Å². The maximum Gasteiger partial charge on any atom is 0.337 e. The van der Waals surface area contributed by atoms with Crippen LogP contribution in [0.4, 0.5) is 0 Å². The topological polar surface area (TPSA) is 55.8 Å². The number of fused-ring (bicyclic) bond motifs is 3. The first-order valence-corrected chi connectivity index (χ1v) is 7.07. The third kappa shape index (κ3) is 2.03. The van der Waals surface area contributed by atoms with Crippen molar-refractivity contribution in [2.75, 3.05) is 20.3 Å². The van der Waals surface area contributed by atoms with Crippen molar-refractivity contribution >= 4 is 5.97 Å². The van der Waals surface area contributed by atoms with Gasteiger partial charge in [-0.3, -0.25) is 0 Å². The molecule has 0 unspecified atom stereocenters. The van der Waals surface area contributed by atoms with E-state index < -0.39 is 0 Å². The lowest BCUT2D eigenvalue weighted by Crippen LogP contribution is -2.50. The zero-order chi connectivity index (χ0) is 14.2. The van der Waals surface area contributed by atoms with Gasteiger partial charge >= 0.3 is 5.97 Å². The molecule has 0 spiro atoms. The summed E-state index contributed by atoms with van der Waals surface area (Å²) in [6.07, 6.45) is 3.88. The Morgan fingerprint density at radius 3 is 2.35 bits per heavy atom. The number of esters is 1. The Bertz CT molecular complexity index is 481. The number of aliphatic hydroxyl groups excluding tert-OH is 1. The molecule has 3 fully saturated rings. The number of rotatable bonds is 3. The zero-order valence-corrected chi connectivity index (χ0v) is 11.7. The molecule has 2 saturated heterocycles. The van der Waals surface area contributed by atoms with Crippen LogP contribution in [0.5, 0.6) is 0 Å². The Balaban J connectivity index is 1.82. The molecule has 2 heterocycles. The van der Waals surface area contributed by atoms with E-state index in [1.54, 1.807) is 12.1 Å². The van der Waals surface area contributed by atoms with Crippen LogP contribution in [0.15, 0.2) is 24.3 Å². The Morgan fingerprint density at radius 1 is 1.25 bits per heavy atom. The fourth-order valence-corrected chi connectivity index (χ4v) is 3.37. The predicted octanol–water partition coefficient (Wildman–Crippen LogP) is 2.25. The summed E-state index contributed by atoms with van der Waals surface area (Å²) in [5.74, 6) is -0.318. The van der Waals surface area contributed by atoms with Gasteiger partial charge in [0.25, 0.3) is 0 Å². The van der Waals surface area contributed by atoms with Crippen LogP contribution in [0.1, 0.15) is 41.6 Å². The van der Waals surface area contributed by atoms with Crippen molar-refractivity contribution in [3.8, 4) is 0 Å². The lowest BCUT2D eigenvalue weighted by atomic mass is 9.64. The van der Waals surface area contributed by atoms with Gasteiger partial charge in [-0.2, -0.15) is 0 Å². The second-order valence-corrected chi connectivity index (χ2v) is 6.01. The largest absolute Gasteiger partial charge is 0.465 e. The molecular formula is C16H20O4. The molecule has 1 N–H and O–H groups in total. The highest BCUT2D eigenvalue weighted by Gasteiger charge is 2.50. The van der Waals surface area contributed by atoms with E-state index in [0.717, 1.165) is 31.2 Å². The summed E-state index contributed by atoms with van der Waals surface area (Å²) < 4.78 is 10.8. The fourth-order valence-electron chi connectivity index (χ4n) is 3.37. The van der Waals surface area contributed by atoms with E-state index in [1.807, 2.05) is 12.1 Å². The quantitative estimate of drug-likeness (QED) is 0.860. The molecule has 0 radical (unpaired) electrons. The average molecular weight is 276 g/mol. The number of methoxy groups -OCH3 is 1. The minimum absolute atomic E-state index is 0.0201. The molecular weight excluding hydrogens is 256 g/mol. The van der Waals surface area contributed by atoms with Crippen LogP contribution in [0.2, 0.25) is 0 Å². The molecule has 20 heavy (non-hydrogen) atoms. The number of aliphatic hydroxyl groups is 1. The van der Waals surface area contributed by atoms with Gasteiger partial charge in [0.2, 0.25) is 0 Å². The third-order valence-corrected chi connectivity index (χ3v) is 4.94. The molecule has 1 saturated carbocycles. The molecule has 4 rings (SSSR count). The summed E-state index contributed by atoms with van der Waals surface area (Å²) in [5, 5.41) is 9.51. The molecule has 2 aliphatic heterocycles. The molecule has 0 atom stereocenters. The summed E-state index contributed by atoms with van der Waals surface area (Å²) >= 11 is 0. The predicted molar refractivity (Wildman–Crippen MR) is 73.4 cm³/mol. The molecule has 2 bridgehead atoms. The average Bonchev–Trinajstić information content (AvgIpc) is 2.56. The molecule has 1 aliphatic carbocycles. The van der Waals surface area contributed by atoms with Crippen LogP contribution >= 0.6 is 0 Å². The van der Waals surface area contributed by atoms with Crippen molar-refractivity contribution in [1.82, 2.24) is 0 Å². The first kappa shape index (κ1) is 13.6. The van der Waals surface area contributed by atoms with E-state index in [1.165, 1.54) is 7.11 Å². The lowest BCUT2D eigenvalue weighted by Gasteiger charge is -2.52. The minimum atomic E-state index is -0.318. The molecule has 4 nitrogen and oxygen atoms in total. The summed E-state index contributed by atoms with van der Waals surface area (Å²) in [6, 6.07) is 7.51. The molecule has 1 aromatic rings. The molecule has 0 amide bonds. The second-order valence-electron chi connectivity index (χ2n) is 6.01. The Kier molecular flexibility index (Phi) is 3.30. The first-order chi connectivity index (χ1) is 9.63. The molecule has 3 aliphatic rings. The van der Waals surface area contributed by atoms with Crippen molar-refractivity contribution < 1.29 is 19.4 Å². The number of ether oxygens (including phenoxy) is 2. The molecule has 1 aromatic carbocycles. The van der Waals surface area contributed by atoms with Gasteiger partial charge in [-0.05, 0) is 43.4 Å². The molecule has 4 heteroatoms. The number of carbonyl (C=O) groups excluding carboxylic acids is 1. The van der Waals surface area contributed by atoms with Crippen molar-refractivity contribution in [3.63, 3.8) is 0 Å². The van der Waals surface area contributed by atoms with E-state index in [0.29, 0.717) is 12.2 Å². The van der Waals surface area contributed by atoms with E-state index in [4.69, 9.17) is 9.47 Å². The summed E-state index contributed by atoms with van der Waals surface area (Å²) in [7, 11) is 1.38. The van der Waals surface area contributed by atoms with Gasteiger partial charge in [-0.1, -0.05) is 12.1 Å². The monoisotopic (exact) mass is 276 g/mol. The number of carbonyl (C=O) groups is 1. The maximum atomic E-state index is 11.5. The van der Waals surface area contributed by atoms with E-state index >= 15 is 0 Å². The van der Waals surface area contributed by atoms with E-state index in [-0.39, 0.29) is 23.6 Å². The van der Waals surface area contributed by atoms with Crippen LogP contribution in [0.25, 0.3) is 0 Å². The van der Waals surface area contributed by atoms with Gasteiger partial charge in [0.15, 0.2) is 0 Å². The second kappa shape index (κ2) is 4.86. The number of hydrogen-bond donors (Lipinski definition) is 1. The van der Waals surface area contributed by atoms with Crippen LogP contribution in [0.3, 0.4) is 0 Å². The SMILES string of the molecule is COC(=O)c1ccc(C23CCC(CO)(CC2)CO3)cc1. The zero-order valence-electron chi connectivity index (χ0n) is 11.7. The Labute approximate surface area is 118 Å². The van der Waals surface area contributed by atoms with Gasteiger partial charge in [-0.25, -0.2) is 4.79 Å².